The molecule has 0 aromatic rings. The predicted octanol–water partition coefficient (Wildman–Crippen LogP) is 2.70. The van der Waals surface area contributed by atoms with Crippen molar-refractivity contribution in [2.24, 2.45) is 5.92 Å². The number of allylic oxidation sites excluding steroid dienone is 2. The smallest absolute Gasteiger partial charge is 0.334 e. The van der Waals surface area contributed by atoms with Crippen LogP contribution in [-0.4, -0.2) is 25.2 Å². The van der Waals surface area contributed by atoms with Gasteiger partial charge >= 0.3 is 11.9 Å². The summed E-state index contributed by atoms with van der Waals surface area (Å²) in [7, 11) is 1.39. The van der Waals surface area contributed by atoms with Gasteiger partial charge in [-0.2, -0.15) is 0 Å². The molecule has 108 valence electrons. The second-order valence-electron chi connectivity index (χ2n) is 5.31. The molecule has 2 aliphatic rings. The molecular weight excluding hydrogens is 256 g/mol. The minimum absolute atomic E-state index is 0.0522. The maximum atomic E-state index is 11.7. The Balaban J connectivity index is 2.24. The van der Waals surface area contributed by atoms with Crippen molar-refractivity contribution in [1.82, 2.24) is 0 Å². The first-order valence-corrected chi connectivity index (χ1v) is 6.87. The van der Waals surface area contributed by atoms with Crippen LogP contribution in [-0.2, 0) is 19.1 Å². The monoisotopic (exact) mass is 276 g/mol. The van der Waals surface area contributed by atoms with Crippen LogP contribution in [0, 0.1) is 5.92 Å². The Morgan fingerprint density at radius 1 is 1.45 bits per heavy atom. The van der Waals surface area contributed by atoms with Gasteiger partial charge in [0.1, 0.15) is 6.10 Å². The lowest BCUT2D eigenvalue weighted by atomic mass is 9.88. The van der Waals surface area contributed by atoms with Crippen LogP contribution < -0.4 is 0 Å². The molecule has 0 aromatic carbocycles. The van der Waals surface area contributed by atoms with Crippen molar-refractivity contribution in [3.8, 4) is 0 Å². The zero-order valence-corrected chi connectivity index (χ0v) is 12.0. The summed E-state index contributed by atoms with van der Waals surface area (Å²) in [6.07, 6.45) is 6.58. The summed E-state index contributed by atoms with van der Waals surface area (Å²) >= 11 is 0. The van der Waals surface area contributed by atoms with E-state index in [-0.39, 0.29) is 24.0 Å². The van der Waals surface area contributed by atoms with E-state index in [9.17, 15) is 9.59 Å². The van der Waals surface area contributed by atoms with Gasteiger partial charge in [-0.15, -0.1) is 0 Å². The quantitative estimate of drug-likeness (QED) is 0.420. The van der Waals surface area contributed by atoms with E-state index in [4.69, 9.17) is 9.47 Å². The zero-order valence-electron chi connectivity index (χ0n) is 12.0. The van der Waals surface area contributed by atoms with E-state index in [1.54, 1.807) is 0 Å². The molecule has 20 heavy (non-hydrogen) atoms. The van der Waals surface area contributed by atoms with E-state index in [0.29, 0.717) is 24.0 Å². The molecule has 0 amide bonds. The first kappa shape index (κ1) is 14.6. The van der Waals surface area contributed by atoms with Gasteiger partial charge in [-0.05, 0) is 38.7 Å². The van der Waals surface area contributed by atoms with E-state index in [1.807, 2.05) is 19.1 Å². The summed E-state index contributed by atoms with van der Waals surface area (Å²) in [6.45, 7) is 5.83. The van der Waals surface area contributed by atoms with Crippen molar-refractivity contribution >= 4 is 11.9 Å². The fraction of sp³-hybridized carbons (Fsp3) is 0.500. The van der Waals surface area contributed by atoms with Gasteiger partial charge in [-0.1, -0.05) is 18.2 Å². The van der Waals surface area contributed by atoms with Crippen LogP contribution in [0.5, 0.6) is 0 Å². The van der Waals surface area contributed by atoms with E-state index in [0.717, 1.165) is 18.4 Å². The van der Waals surface area contributed by atoms with Crippen molar-refractivity contribution in [2.75, 3.05) is 7.11 Å². The molecule has 2 rings (SSSR count). The van der Waals surface area contributed by atoms with Gasteiger partial charge in [0.15, 0.2) is 0 Å². The molecule has 0 aromatic heterocycles. The predicted molar refractivity (Wildman–Crippen MR) is 74.8 cm³/mol. The molecule has 4 heteroatoms. The Morgan fingerprint density at radius 2 is 2.20 bits per heavy atom. The number of hydrogen-bond donors (Lipinski definition) is 0. The van der Waals surface area contributed by atoms with Crippen molar-refractivity contribution in [3.05, 3.63) is 35.5 Å². The molecular formula is C16H20O4. The van der Waals surface area contributed by atoms with E-state index in [2.05, 4.69) is 6.58 Å². The first-order chi connectivity index (χ1) is 9.52. The number of carbonyl (C=O) groups excluding carboxylic acids is 2. The number of esters is 2. The first-order valence-electron chi connectivity index (χ1n) is 6.87. The van der Waals surface area contributed by atoms with Crippen LogP contribution in [0.25, 0.3) is 0 Å². The average Bonchev–Trinajstić information content (AvgIpc) is 2.68. The van der Waals surface area contributed by atoms with Gasteiger partial charge in [-0.25, -0.2) is 9.59 Å². The topological polar surface area (TPSA) is 52.6 Å². The van der Waals surface area contributed by atoms with Gasteiger partial charge in [0, 0.05) is 17.1 Å². The lowest BCUT2D eigenvalue weighted by Crippen LogP contribution is -2.17. The summed E-state index contributed by atoms with van der Waals surface area (Å²) in [6, 6.07) is 0. The van der Waals surface area contributed by atoms with Crippen LogP contribution in [0.1, 0.15) is 32.6 Å². The summed E-state index contributed by atoms with van der Waals surface area (Å²) < 4.78 is 10.2. The van der Waals surface area contributed by atoms with Gasteiger partial charge in [0.2, 0.25) is 0 Å². The standard InChI is InChI=1S/C16H20O4/c1-10-5-4-6-12(16(18)19-3)7-8-13-11(2)15(17)20-14(13)9-10/h6,9,13-14H,2,4-5,7-8H2,1,3H3/b10-9+,12-6-/t13-,14-/m1/s1. The highest BCUT2D eigenvalue weighted by Crippen LogP contribution is 2.34. The molecule has 0 N–H and O–H groups in total. The van der Waals surface area contributed by atoms with Gasteiger partial charge in [-0.3, -0.25) is 0 Å². The largest absolute Gasteiger partial charge is 0.466 e. The number of hydrogen-bond acceptors (Lipinski definition) is 4. The average molecular weight is 276 g/mol. The van der Waals surface area contributed by atoms with Crippen molar-refractivity contribution < 1.29 is 19.1 Å². The Hall–Kier alpha value is -1.84. The van der Waals surface area contributed by atoms with Gasteiger partial charge < -0.3 is 9.47 Å². The summed E-state index contributed by atoms with van der Waals surface area (Å²) in [5.74, 6) is -0.671. The molecule has 0 unspecified atom stereocenters. The molecule has 1 fully saturated rings. The highest BCUT2D eigenvalue weighted by Gasteiger charge is 2.37. The normalized spacial score (nSPS) is 32.3. The summed E-state index contributed by atoms with van der Waals surface area (Å²) in [5, 5.41) is 0. The fourth-order valence-electron chi connectivity index (χ4n) is 2.69. The number of methoxy groups -OCH3 is 1. The lowest BCUT2D eigenvalue weighted by Gasteiger charge is -2.17. The Morgan fingerprint density at radius 3 is 2.90 bits per heavy atom. The highest BCUT2D eigenvalue weighted by atomic mass is 16.6. The van der Waals surface area contributed by atoms with Crippen molar-refractivity contribution in [2.45, 2.75) is 38.7 Å². The molecule has 4 nitrogen and oxygen atoms in total. The zero-order chi connectivity index (χ0) is 14.7. The molecule has 2 atom stereocenters. The molecule has 0 bridgehead atoms. The fourth-order valence-corrected chi connectivity index (χ4v) is 2.69. The third kappa shape index (κ3) is 3.00. The molecule has 0 spiro atoms. The van der Waals surface area contributed by atoms with Crippen LogP contribution in [0.15, 0.2) is 35.5 Å². The van der Waals surface area contributed by atoms with E-state index in [1.165, 1.54) is 7.11 Å². The Kier molecular flexibility index (Phi) is 4.42. The Labute approximate surface area is 119 Å². The third-order valence-electron chi connectivity index (χ3n) is 3.90. The minimum atomic E-state index is -0.327. The second kappa shape index (κ2) is 6.07. The van der Waals surface area contributed by atoms with Crippen molar-refractivity contribution in [1.29, 1.82) is 0 Å². The summed E-state index contributed by atoms with van der Waals surface area (Å²) in [4.78, 5) is 23.4. The maximum Gasteiger partial charge on any atom is 0.334 e. The Bertz CT molecular complexity index is 499. The molecule has 1 saturated heterocycles. The van der Waals surface area contributed by atoms with Gasteiger partial charge in [0.05, 0.1) is 7.11 Å². The second-order valence-corrected chi connectivity index (χ2v) is 5.31. The van der Waals surface area contributed by atoms with Crippen LogP contribution in [0.2, 0.25) is 0 Å². The van der Waals surface area contributed by atoms with Gasteiger partial charge in [0.25, 0.3) is 0 Å². The molecule has 1 aliphatic carbocycles. The SMILES string of the molecule is C=C1C(=O)O[C@@H]2/C=C(\C)CC/C=C(\C(=O)OC)CC[C@H]12. The minimum Gasteiger partial charge on any atom is -0.466 e. The molecule has 0 radical (unpaired) electrons. The lowest BCUT2D eigenvalue weighted by molar-refractivity contribution is -0.138. The molecule has 1 aliphatic heterocycles. The summed E-state index contributed by atoms with van der Waals surface area (Å²) in [5.41, 5.74) is 2.34. The number of rotatable bonds is 1. The molecule has 0 saturated carbocycles. The van der Waals surface area contributed by atoms with Crippen LogP contribution >= 0.6 is 0 Å². The third-order valence-corrected chi connectivity index (χ3v) is 3.90. The maximum absolute atomic E-state index is 11.7. The highest BCUT2D eigenvalue weighted by molar-refractivity contribution is 5.91. The van der Waals surface area contributed by atoms with Crippen LogP contribution in [0.3, 0.4) is 0 Å². The number of fused-ring (bicyclic) bond motifs is 1. The van der Waals surface area contributed by atoms with Crippen LogP contribution in [0.4, 0.5) is 0 Å². The van der Waals surface area contributed by atoms with Crippen molar-refractivity contribution in [3.63, 3.8) is 0 Å². The molecule has 1 heterocycles. The van der Waals surface area contributed by atoms with E-state index < -0.39 is 0 Å². The number of ether oxygens (including phenoxy) is 2. The van der Waals surface area contributed by atoms with E-state index >= 15 is 0 Å². The number of carbonyl (C=O) groups is 2.